The lowest BCUT2D eigenvalue weighted by molar-refractivity contribution is 0.149. The van der Waals surface area contributed by atoms with Gasteiger partial charge in [0.2, 0.25) is 5.88 Å². The minimum atomic E-state index is -2.77. The maximum absolute atomic E-state index is 12.6. The van der Waals surface area contributed by atoms with Crippen LogP contribution in [-0.4, -0.2) is 12.1 Å². The number of nitrogens with zero attached hydrogens (tertiary/aromatic N) is 3. The van der Waals surface area contributed by atoms with E-state index >= 15 is 0 Å². The van der Waals surface area contributed by atoms with E-state index in [0.717, 1.165) is 6.07 Å². The first-order valence-corrected chi connectivity index (χ1v) is 4.27. The minimum Gasteiger partial charge on any atom is -0.480 e. The highest BCUT2D eigenvalue weighted by Gasteiger charge is 2.18. The van der Waals surface area contributed by atoms with Gasteiger partial charge in [-0.1, -0.05) is 0 Å². The van der Waals surface area contributed by atoms with Crippen molar-refractivity contribution in [2.24, 2.45) is 0 Å². The van der Waals surface area contributed by atoms with E-state index in [-0.39, 0.29) is 23.6 Å². The maximum atomic E-state index is 12.6. The average Bonchev–Trinajstić information content (AvgIpc) is 2.28. The van der Waals surface area contributed by atoms with Gasteiger partial charge < -0.3 is 4.74 Å². The highest BCUT2D eigenvalue weighted by atomic mass is 19.3. The third-order valence-corrected chi connectivity index (χ3v) is 1.90. The van der Waals surface area contributed by atoms with Crippen LogP contribution in [0.4, 0.5) is 8.78 Å². The highest BCUT2D eigenvalue weighted by molar-refractivity contribution is 5.43. The molecule has 0 amide bonds. The number of hydrogen-bond donors (Lipinski definition) is 0. The van der Waals surface area contributed by atoms with Crippen molar-refractivity contribution in [3.05, 3.63) is 22.9 Å². The number of methoxy groups -OCH3 is 1. The van der Waals surface area contributed by atoms with Gasteiger partial charge in [0.1, 0.15) is 11.6 Å². The zero-order valence-electron chi connectivity index (χ0n) is 8.37. The topological polar surface area (TPSA) is 69.7 Å². The van der Waals surface area contributed by atoms with E-state index in [9.17, 15) is 8.78 Å². The van der Waals surface area contributed by atoms with Crippen LogP contribution in [0.3, 0.4) is 0 Å². The van der Waals surface area contributed by atoms with Gasteiger partial charge in [-0.05, 0) is 6.07 Å². The zero-order valence-corrected chi connectivity index (χ0v) is 8.37. The van der Waals surface area contributed by atoms with Crippen molar-refractivity contribution in [3.8, 4) is 18.0 Å². The van der Waals surface area contributed by atoms with Crippen LogP contribution >= 0.6 is 0 Å². The molecule has 0 saturated carbocycles. The van der Waals surface area contributed by atoms with E-state index in [1.807, 2.05) is 0 Å². The molecule has 4 nitrogen and oxygen atoms in total. The van der Waals surface area contributed by atoms with Gasteiger partial charge in [-0.3, -0.25) is 0 Å². The molecule has 0 aliphatic rings. The molecule has 0 aliphatic heterocycles. The van der Waals surface area contributed by atoms with Crippen molar-refractivity contribution in [1.29, 1.82) is 10.5 Å². The van der Waals surface area contributed by atoms with Crippen molar-refractivity contribution < 1.29 is 13.5 Å². The van der Waals surface area contributed by atoms with Gasteiger partial charge >= 0.3 is 0 Å². The lowest BCUT2D eigenvalue weighted by atomic mass is 10.1. The van der Waals surface area contributed by atoms with E-state index in [4.69, 9.17) is 15.3 Å². The molecule has 0 spiro atoms. The number of hydrogen-bond acceptors (Lipinski definition) is 4. The Kier molecular flexibility index (Phi) is 3.73. The monoisotopic (exact) mass is 223 g/mol. The van der Waals surface area contributed by atoms with Crippen LogP contribution in [0.15, 0.2) is 6.07 Å². The number of alkyl halides is 2. The molecular formula is C10H7F2N3O. The minimum absolute atomic E-state index is 0.0443. The van der Waals surface area contributed by atoms with Crippen LogP contribution in [0.25, 0.3) is 0 Å². The molecule has 1 heterocycles. The number of ether oxygens (including phenoxy) is 1. The fourth-order valence-corrected chi connectivity index (χ4v) is 1.19. The normalized spacial score (nSPS) is 9.62. The number of halogens is 2. The fourth-order valence-electron chi connectivity index (χ4n) is 1.19. The SMILES string of the molecule is COc1nc(CC#N)c(C(F)F)cc1C#N. The van der Waals surface area contributed by atoms with Crippen molar-refractivity contribution in [3.63, 3.8) is 0 Å². The van der Waals surface area contributed by atoms with Crippen LogP contribution < -0.4 is 4.74 Å². The molecule has 0 bridgehead atoms. The van der Waals surface area contributed by atoms with E-state index in [1.165, 1.54) is 7.11 Å². The number of nitriles is 2. The molecule has 0 atom stereocenters. The molecule has 0 saturated heterocycles. The highest BCUT2D eigenvalue weighted by Crippen LogP contribution is 2.27. The van der Waals surface area contributed by atoms with Crippen LogP contribution in [-0.2, 0) is 6.42 Å². The smallest absolute Gasteiger partial charge is 0.265 e. The van der Waals surface area contributed by atoms with Crippen molar-refractivity contribution in [1.82, 2.24) is 4.98 Å². The second kappa shape index (κ2) is 5.04. The van der Waals surface area contributed by atoms with Gasteiger partial charge in [0.25, 0.3) is 6.43 Å². The molecule has 1 aromatic rings. The molecule has 16 heavy (non-hydrogen) atoms. The Morgan fingerprint density at radius 3 is 2.62 bits per heavy atom. The summed E-state index contributed by atoms with van der Waals surface area (Å²) in [5.74, 6) is -0.0443. The Morgan fingerprint density at radius 2 is 2.19 bits per heavy atom. The average molecular weight is 223 g/mol. The van der Waals surface area contributed by atoms with Gasteiger partial charge in [0.15, 0.2) is 0 Å². The van der Waals surface area contributed by atoms with E-state index in [1.54, 1.807) is 12.1 Å². The molecule has 0 N–H and O–H groups in total. The molecule has 0 aromatic carbocycles. The summed E-state index contributed by atoms with van der Waals surface area (Å²) in [6, 6.07) is 4.44. The maximum Gasteiger partial charge on any atom is 0.265 e. The molecule has 0 fully saturated rings. The standard InChI is InChI=1S/C10H7F2N3O/c1-16-10-6(5-14)4-7(9(11)12)8(15-10)2-3-13/h4,9H,2H2,1H3. The Labute approximate surface area is 90.7 Å². The zero-order chi connectivity index (χ0) is 12.1. The summed E-state index contributed by atoms with van der Waals surface area (Å²) in [7, 11) is 1.28. The predicted molar refractivity (Wildman–Crippen MR) is 49.8 cm³/mol. The van der Waals surface area contributed by atoms with Gasteiger partial charge in [0.05, 0.1) is 25.3 Å². The molecule has 1 rings (SSSR count). The Balaban J connectivity index is 3.38. The predicted octanol–water partition coefficient (Wildman–Crippen LogP) is 1.97. The Morgan fingerprint density at radius 1 is 1.50 bits per heavy atom. The Hall–Kier alpha value is -2.21. The fraction of sp³-hybridized carbons (Fsp3) is 0.300. The molecule has 82 valence electrons. The van der Waals surface area contributed by atoms with Crippen LogP contribution in [0.2, 0.25) is 0 Å². The van der Waals surface area contributed by atoms with Crippen LogP contribution in [0, 0.1) is 22.7 Å². The van der Waals surface area contributed by atoms with Gasteiger partial charge in [-0.2, -0.15) is 10.5 Å². The van der Waals surface area contributed by atoms with E-state index < -0.39 is 12.0 Å². The summed E-state index contributed by atoms with van der Waals surface area (Å²) < 4.78 is 30.0. The van der Waals surface area contributed by atoms with E-state index in [0.29, 0.717) is 0 Å². The van der Waals surface area contributed by atoms with Crippen LogP contribution in [0.1, 0.15) is 23.2 Å². The third kappa shape index (κ3) is 2.23. The lowest BCUT2D eigenvalue weighted by Crippen LogP contribution is -2.02. The quantitative estimate of drug-likeness (QED) is 0.785. The second-order valence-electron chi connectivity index (χ2n) is 2.83. The first kappa shape index (κ1) is 11.9. The largest absolute Gasteiger partial charge is 0.480 e. The molecule has 0 unspecified atom stereocenters. The first-order chi connectivity index (χ1) is 7.63. The van der Waals surface area contributed by atoms with Gasteiger partial charge in [0, 0.05) is 5.56 Å². The summed E-state index contributed by atoms with van der Waals surface area (Å²) >= 11 is 0. The third-order valence-electron chi connectivity index (χ3n) is 1.90. The summed E-state index contributed by atoms with van der Waals surface area (Å²) in [4.78, 5) is 3.73. The Bertz CT molecular complexity index is 474. The molecular weight excluding hydrogens is 216 g/mol. The molecule has 0 radical (unpaired) electrons. The second-order valence-corrected chi connectivity index (χ2v) is 2.83. The number of aromatic nitrogens is 1. The van der Waals surface area contributed by atoms with Crippen molar-refractivity contribution in [2.75, 3.05) is 7.11 Å². The van der Waals surface area contributed by atoms with Crippen molar-refractivity contribution >= 4 is 0 Å². The number of pyridine rings is 1. The van der Waals surface area contributed by atoms with Gasteiger partial charge in [-0.25, -0.2) is 13.8 Å². The first-order valence-electron chi connectivity index (χ1n) is 4.27. The van der Waals surface area contributed by atoms with Crippen LogP contribution in [0.5, 0.6) is 5.88 Å². The molecule has 0 aliphatic carbocycles. The molecule has 1 aromatic heterocycles. The molecule has 6 heteroatoms. The van der Waals surface area contributed by atoms with Gasteiger partial charge in [-0.15, -0.1) is 0 Å². The number of rotatable bonds is 3. The lowest BCUT2D eigenvalue weighted by Gasteiger charge is -2.08. The summed E-state index contributed by atoms with van der Waals surface area (Å²) in [5.41, 5.74) is -0.535. The summed E-state index contributed by atoms with van der Waals surface area (Å²) in [5, 5.41) is 17.2. The van der Waals surface area contributed by atoms with Crippen molar-refractivity contribution in [2.45, 2.75) is 12.8 Å². The summed E-state index contributed by atoms with van der Waals surface area (Å²) in [6.45, 7) is 0. The summed E-state index contributed by atoms with van der Waals surface area (Å²) in [6.07, 6.45) is -3.02. The van der Waals surface area contributed by atoms with E-state index in [2.05, 4.69) is 4.98 Å².